The van der Waals surface area contributed by atoms with E-state index < -0.39 is 47.2 Å². The molecule has 1 aliphatic carbocycles. The second kappa shape index (κ2) is 12.7. The van der Waals surface area contributed by atoms with Crippen LogP contribution in [-0.4, -0.2) is 47.6 Å². The summed E-state index contributed by atoms with van der Waals surface area (Å²) in [6, 6.07) is -0.160. The second-order valence-electron chi connectivity index (χ2n) is 7.18. The largest absolute Gasteiger partial charge is 4.00 e. The summed E-state index contributed by atoms with van der Waals surface area (Å²) < 4.78 is 9.00. The van der Waals surface area contributed by atoms with Crippen molar-refractivity contribution in [1.29, 1.82) is 0 Å². The van der Waals surface area contributed by atoms with E-state index in [1.54, 1.807) is 0 Å². The fourth-order valence-corrected chi connectivity index (χ4v) is 2.92. The zero-order valence-corrected chi connectivity index (χ0v) is 20.0. The van der Waals surface area contributed by atoms with Crippen molar-refractivity contribution < 1.29 is 59.9 Å². The molecular formula is C20H26N2O8Pt. The molecular weight excluding hydrogens is 591 g/mol. The van der Waals surface area contributed by atoms with Crippen LogP contribution >= 0.6 is 0 Å². The molecule has 174 valence electrons. The summed E-state index contributed by atoms with van der Waals surface area (Å²) in [5, 5.41) is 21.7. The van der Waals surface area contributed by atoms with Crippen molar-refractivity contribution in [3.05, 3.63) is 34.3 Å². The molecule has 0 unspecified atom stereocenters. The Morgan fingerprint density at radius 2 is 1.32 bits per heavy atom. The molecule has 0 aromatic heterocycles. The minimum absolute atomic E-state index is 0. The van der Waals surface area contributed by atoms with E-state index in [0.717, 1.165) is 12.8 Å². The van der Waals surface area contributed by atoms with E-state index in [-0.39, 0.29) is 44.3 Å². The van der Waals surface area contributed by atoms with Gasteiger partial charge in [0.2, 0.25) is 0 Å². The van der Waals surface area contributed by atoms with Crippen molar-refractivity contribution in [2.75, 3.05) is 0 Å². The van der Waals surface area contributed by atoms with Crippen molar-refractivity contribution in [1.82, 2.24) is 0 Å². The van der Waals surface area contributed by atoms with Crippen molar-refractivity contribution in [2.24, 2.45) is 0 Å². The van der Waals surface area contributed by atoms with Crippen LogP contribution in [-0.2, 0) is 49.7 Å². The molecule has 1 saturated carbocycles. The van der Waals surface area contributed by atoms with Crippen LogP contribution in [0.2, 0.25) is 0 Å². The van der Waals surface area contributed by atoms with Crippen LogP contribution < -0.4 is 10.2 Å². The molecule has 4 atom stereocenters. The smallest absolute Gasteiger partial charge is 0.872 e. The monoisotopic (exact) mass is 617 g/mol. The Bertz CT molecular complexity index is 767. The number of nitrogens with one attached hydrogen (secondary N) is 2. The second-order valence-corrected chi connectivity index (χ2v) is 7.18. The zero-order valence-electron chi connectivity index (χ0n) is 17.7. The van der Waals surface area contributed by atoms with Gasteiger partial charge in [-0.25, -0.2) is 4.79 Å². The molecule has 0 aromatic carbocycles. The van der Waals surface area contributed by atoms with Crippen LogP contribution in [0.4, 0.5) is 0 Å². The molecule has 3 aliphatic rings. The SMILES string of the molecule is CC(=O)C1=C([O-])O[C@@H](C)C1=O.CC(=O)C1=C([O-])[C@H](C)OC1=O.[NH-][C@@H]1CCCC[C@H]1[NH-].[Pt+4]. The van der Waals surface area contributed by atoms with Gasteiger partial charge < -0.3 is 31.2 Å². The number of carbonyl (C=O) groups is 4. The van der Waals surface area contributed by atoms with Crippen LogP contribution in [0.15, 0.2) is 22.9 Å². The van der Waals surface area contributed by atoms with Crippen LogP contribution in [0, 0.1) is 0 Å². The minimum Gasteiger partial charge on any atom is -0.872 e. The molecule has 0 radical (unpaired) electrons. The molecule has 0 amide bonds. The average Bonchev–Trinajstić information content (AvgIpc) is 3.05. The van der Waals surface area contributed by atoms with Crippen LogP contribution in [0.5, 0.6) is 0 Å². The third-order valence-electron chi connectivity index (χ3n) is 4.68. The Hall–Kier alpha value is -2.03. The van der Waals surface area contributed by atoms with E-state index in [2.05, 4.69) is 9.47 Å². The fraction of sp³-hybridized carbons (Fsp3) is 0.600. The minimum atomic E-state index is -0.796. The Kier molecular flexibility index (Phi) is 11.9. The molecule has 2 heterocycles. The Balaban J connectivity index is 0.000000434. The third kappa shape index (κ3) is 7.87. The standard InChI is InChI=1S/2C7H8O4.C6H12N2.Pt/c2*1-3(8)5-6(9)4(2)11-7(5)10;7-5-3-1-2-4-6(5)8;/h4,10H,1-2H3;4,9H,1-2H3;5-8H,1-4H2;/q;;-2;+4/p-2/t2*4-;5-,6-;/m001./s1. The molecule has 2 aliphatic heterocycles. The van der Waals surface area contributed by atoms with Crippen molar-refractivity contribution >= 4 is 23.3 Å². The van der Waals surface area contributed by atoms with Gasteiger partial charge in [0.05, 0.1) is 23.2 Å². The topological polar surface area (TPSA) is 180 Å². The first-order valence-electron chi connectivity index (χ1n) is 9.56. The van der Waals surface area contributed by atoms with Crippen molar-refractivity contribution in [2.45, 2.75) is 77.7 Å². The molecule has 1 fully saturated rings. The number of ether oxygens (including phenoxy) is 2. The summed E-state index contributed by atoms with van der Waals surface area (Å²) in [7, 11) is 0. The van der Waals surface area contributed by atoms with Gasteiger partial charge in [-0.1, -0.05) is 31.4 Å². The summed E-state index contributed by atoms with van der Waals surface area (Å²) in [6.45, 7) is 5.23. The average molecular weight is 618 g/mol. The van der Waals surface area contributed by atoms with Gasteiger partial charge in [0, 0.05) is 0 Å². The summed E-state index contributed by atoms with van der Waals surface area (Å²) in [5.41, 5.74) is 13.9. The van der Waals surface area contributed by atoms with Gasteiger partial charge in [-0.15, -0.1) is 0 Å². The van der Waals surface area contributed by atoms with Crippen LogP contribution in [0.3, 0.4) is 0 Å². The Labute approximate surface area is 195 Å². The van der Waals surface area contributed by atoms with Crippen LogP contribution in [0.25, 0.3) is 11.5 Å². The van der Waals surface area contributed by atoms with E-state index >= 15 is 0 Å². The number of esters is 1. The van der Waals surface area contributed by atoms with Crippen molar-refractivity contribution in [3.8, 4) is 0 Å². The molecule has 11 heteroatoms. The van der Waals surface area contributed by atoms with Gasteiger partial charge in [0.15, 0.2) is 17.3 Å². The fourth-order valence-electron chi connectivity index (χ4n) is 2.92. The van der Waals surface area contributed by atoms with E-state index in [1.165, 1.54) is 40.5 Å². The predicted molar refractivity (Wildman–Crippen MR) is 101 cm³/mol. The van der Waals surface area contributed by atoms with Gasteiger partial charge in [0.1, 0.15) is 6.10 Å². The maximum Gasteiger partial charge on any atom is 4.00 e. The summed E-state index contributed by atoms with van der Waals surface area (Å²) in [4.78, 5) is 43.0. The molecule has 0 aromatic rings. The normalized spacial score (nSPS) is 27.2. The summed E-state index contributed by atoms with van der Waals surface area (Å²) in [6.07, 6.45) is 2.66. The molecule has 0 bridgehead atoms. The van der Waals surface area contributed by atoms with E-state index in [1.807, 2.05) is 0 Å². The number of hydrogen-bond donors (Lipinski definition) is 0. The first kappa shape index (κ1) is 29.0. The number of ketones is 3. The van der Waals surface area contributed by atoms with Gasteiger partial charge in [-0.05, 0) is 27.7 Å². The molecule has 0 saturated heterocycles. The van der Waals surface area contributed by atoms with Gasteiger partial charge in [-0.3, -0.25) is 14.4 Å². The third-order valence-corrected chi connectivity index (χ3v) is 4.68. The number of carbonyl (C=O) groups excluding carboxylic acids is 4. The predicted octanol–water partition coefficient (Wildman–Crippen LogP) is 0.670. The molecule has 0 spiro atoms. The summed E-state index contributed by atoms with van der Waals surface area (Å²) >= 11 is 0. The number of hydrogen-bond acceptors (Lipinski definition) is 8. The Morgan fingerprint density at radius 1 is 0.871 bits per heavy atom. The first-order chi connectivity index (χ1) is 13.9. The zero-order chi connectivity index (χ0) is 23.2. The van der Waals surface area contributed by atoms with Crippen LogP contribution in [0.1, 0.15) is 53.4 Å². The van der Waals surface area contributed by atoms with E-state index in [4.69, 9.17) is 11.5 Å². The van der Waals surface area contributed by atoms with Gasteiger partial charge in [-0.2, -0.15) is 12.1 Å². The quantitative estimate of drug-likeness (QED) is 0.320. The summed E-state index contributed by atoms with van der Waals surface area (Å²) in [5.74, 6) is -3.66. The molecule has 10 nitrogen and oxygen atoms in total. The van der Waals surface area contributed by atoms with E-state index in [9.17, 15) is 29.4 Å². The molecule has 2 N–H and O–H groups in total. The van der Waals surface area contributed by atoms with Gasteiger partial charge in [0.25, 0.3) is 0 Å². The Morgan fingerprint density at radius 3 is 1.52 bits per heavy atom. The number of rotatable bonds is 2. The maximum absolute atomic E-state index is 11.0. The molecule has 31 heavy (non-hydrogen) atoms. The first-order valence-corrected chi connectivity index (χ1v) is 9.56. The molecule has 3 rings (SSSR count). The van der Waals surface area contributed by atoms with E-state index in [0.29, 0.717) is 0 Å². The van der Waals surface area contributed by atoms with Gasteiger partial charge >= 0.3 is 27.0 Å². The van der Waals surface area contributed by atoms with Crippen molar-refractivity contribution in [3.63, 3.8) is 0 Å². The number of cyclic esters (lactones) is 1. The number of Topliss-reactive ketones (excluding diaryl/α,β-unsaturated/α-hetero) is 3. The maximum atomic E-state index is 11.0.